The van der Waals surface area contributed by atoms with Gasteiger partial charge in [0.2, 0.25) is 0 Å². The Morgan fingerprint density at radius 1 is 1.08 bits per heavy atom. The van der Waals surface area contributed by atoms with Crippen LogP contribution in [-0.2, 0) is 6.42 Å². The predicted molar refractivity (Wildman–Crippen MR) is 102 cm³/mol. The van der Waals surface area contributed by atoms with Crippen molar-refractivity contribution in [1.82, 2.24) is 15.0 Å². The van der Waals surface area contributed by atoms with Gasteiger partial charge in [-0.3, -0.25) is 4.98 Å². The molecule has 2 aliphatic rings. The van der Waals surface area contributed by atoms with Crippen LogP contribution >= 0.6 is 0 Å². The van der Waals surface area contributed by atoms with E-state index < -0.39 is 0 Å². The summed E-state index contributed by atoms with van der Waals surface area (Å²) in [4.78, 5) is 17.8. The molecule has 1 atom stereocenters. The summed E-state index contributed by atoms with van der Waals surface area (Å²) in [6, 6.07) is 6.48. The molecule has 0 amide bonds. The Morgan fingerprint density at radius 3 is 2.69 bits per heavy atom. The highest BCUT2D eigenvalue weighted by Gasteiger charge is 2.26. The number of anilines is 2. The molecule has 1 N–H and O–H groups in total. The zero-order valence-corrected chi connectivity index (χ0v) is 15.2. The van der Waals surface area contributed by atoms with Crippen LogP contribution in [0.3, 0.4) is 0 Å². The van der Waals surface area contributed by atoms with Gasteiger partial charge in [0.05, 0.1) is 12.6 Å². The molecule has 0 radical (unpaired) electrons. The molecule has 26 heavy (non-hydrogen) atoms. The number of aromatic nitrogens is 3. The van der Waals surface area contributed by atoms with Crippen molar-refractivity contribution in [2.24, 2.45) is 5.92 Å². The highest BCUT2D eigenvalue weighted by atomic mass is 16.3. The lowest BCUT2D eigenvalue weighted by molar-refractivity contribution is 0.266. The molecular formula is C20H27N5O. The van der Waals surface area contributed by atoms with Crippen LogP contribution < -0.4 is 9.80 Å². The first kappa shape index (κ1) is 17.2. The minimum atomic E-state index is 0.194. The average Bonchev–Trinajstić information content (AvgIpc) is 3.18. The second kappa shape index (κ2) is 7.99. The molecule has 2 aliphatic heterocycles. The molecule has 4 heterocycles. The summed E-state index contributed by atoms with van der Waals surface area (Å²) >= 11 is 0. The monoisotopic (exact) mass is 353 g/mol. The van der Waals surface area contributed by atoms with Crippen LogP contribution in [0.25, 0.3) is 0 Å². The van der Waals surface area contributed by atoms with Crippen LogP contribution in [0.2, 0.25) is 0 Å². The Morgan fingerprint density at radius 2 is 1.92 bits per heavy atom. The molecule has 0 aliphatic carbocycles. The van der Waals surface area contributed by atoms with Crippen molar-refractivity contribution in [2.45, 2.75) is 38.1 Å². The molecule has 1 unspecified atom stereocenters. The average molecular weight is 353 g/mol. The van der Waals surface area contributed by atoms with E-state index in [0.717, 1.165) is 50.5 Å². The molecule has 2 aromatic heterocycles. The Labute approximate surface area is 154 Å². The third-order valence-electron chi connectivity index (χ3n) is 5.71. The van der Waals surface area contributed by atoms with E-state index in [4.69, 9.17) is 0 Å². The van der Waals surface area contributed by atoms with E-state index in [1.165, 1.54) is 18.4 Å². The molecule has 138 valence electrons. The first-order valence-corrected chi connectivity index (χ1v) is 9.67. The van der Waals surface area contributed by atoms with Crippen molar-refractivity contribution in [3.63, 3.8) is 0 Å². The first-order valence-electron chi connectivity index (χ1n) is 9.67. The summed E-state index contributed by atoms with van der Waals surface area (Å²) < 4.78 is 0. The first-order chi connectivity index (χ1) is 12.8. The molecule has 0 saturated carbocycles. The third kappa shape index (κ3) is 3.80. The standard InChI is InChI=1S/C20H27N5O/c26-14-18-4-2-8-25(18)20-12-19(22-15-23-20)24-9-5-16(6-10-24)11-17-3-1-7-21-13-17/h1,3,7,12-13,15-16,18,26H,2,4-6,8-11,14H2. The van der Waals surface area contributed by atoms with Gasteiger partial charge in [-0.05, 0) is 49.7 Å². The Balaban J connectivity index is 1.38. The lowest BCUT2D eigenvalue weighted by atomic mass is 9.91. The van der Waals surface area contributed by atoms with Gasteiger partial charge >= 0.3 is 0 Å². The fraction of sp³-hybridized carbons (Fsp3) is 0.550. The molecular weight excluding hydrogens is 326 g/mol. The zero-order chi connectivity index (χ0) is 17.8. The molecule has 2 saturated heterocycles. The molecule has 4 rings (SSSR count). The minimum absolute atomic E-state index is 0.194. The highest BCUT2D eigenvalue weighted by molar-refractivity contribution is 5.51. The number of pyridine rings is 1. The summed E-state index contributed by atoms with van der Waals surface area (Å²) in [6.45, 7) is 3.23. The SMILES string of the molecule is OCC1CCCN1c1cc(N2CCC(Cc3cccnc3)CC2)ncn1. The summed E-state index contributed by atoms with van der Waals surface area (Å²) in [6.07, 6.45) is 11.1. The number of hydrogen-bond acceptors (Lipinski definition) is 6. The topological polar surface area (TPSA) is 65.4 Å². The van der Waals surface area contributed by atoms with E-state index in [-0.39, 0.29) is 12.6 Å². The second-order valence-corrected chi connectivity index (χ2v) is 7.40. The van der Waals surface area contributed by atoms with Crippen molar-refractivity contribution < 1.29 is 5.11 Å². The molecule has 2 aromatic rings. The molecule has 6 heteroatoms. The van der Waals surface area contributed by atoms with Gasteiger partial charge < -0.3 is 14.9 Å². The van der Waals surface area contributed by atoms with Gasteiger partial charge in [0.1, 0.15) is 18.0 Å². The minimum Gasteiger partial charge on any atom is -0.394 e. The second-order valence-electron chi connectivity index (χ2n) is 7.40. The Kier molecular flexibility index (Phi) is 5.29. The van der Waals surface area contributed by atoms with E-state index >= 15 is 0 Å². The van der Waals surface area contributed by atoms with Crippen molar-refractivity contribution in [1.29, 1.82) is 0 Å². The molecule has 0 bridgehead atoms. The van der Waals surface area contributed by atoms with Gasteiger partial charge in [-0.25, -0.2) is 9.97 Å². The van der Waals surface area contributed by atoms with Crippen LogP contribution in [0.15, 0.2) is 36.9 Å². The summed E-state index contributed by atoms with van der Waals surface area (Å²) in [5, 5.41) is 9.57. The van der Waals surface area contributed by atoms with Gasteiger partial charge in [-0.2, -0.15) is 0 Å². The number of piperidine rings is 1. The van der Waals surface area contributed by atoms with E-state index in [0.29, 0.717) is 5.92 Å². The van der Waals surface area contributed by atoms with Crippen LogP contribution in [-0.4, -0.2) is 52.3 Å². The van der Waals surface area contributed by atoms with Gasteiger partial charge in [0.25, 0.3) is 0 Å². The summed E-state index contributed by atoms with van der Waals surface area (Å²) in [5.74, 6) is 2.68. The van der Waals surface area contributed by atoms with Crippen molar-refractivity contribution in [3.8, 4) is 0 Å². The predicted octanol–water partition coefficient (Wildman–Crippen LogP) is 2.29. The van der Waals surface area contributed by atoms with Crippen LogP contribution in [0.5, 0.6) is 0 Å². The lowest BCUT2D eigenvalue weighted by Gasteiger charge is -2.33. The van der Waals surface area contributed by atoms with Crippen molar-refractivity contribution in [3.05, 3.63) is 42.5 Å². The van der Waals surface area contributed by atoms with Crippen molar-refractivity contribution >= 4 is 11.6 Å². The zero-order valence-electron chi connectivity index (χ0n) is 15.2. The van der Waals surface area contributed by atoms with Gasteiger partial charge in [0, 0.05) is 38.1 Å². The lowest BCUT2D eigenvalue weighted by Crippen LogP contribution is -2.36. The maximum Gasteiger partial charge on any atom is 0.134 e. The number of aliphatic hydroxyl groups is 1. The van der Waals surface area contributed by atoms with Crippen LogP contribution in [0.4, 0.5) is 11.6 Å². The fourth-order valence-corrected chi connectivity index (χ4v) is 4.21. The highest BCUT2D eigenvalue weighted by Crippen LogP contribution is 2.28. The largest absolute Gasteiger partial charge is 0.394 e. The van der Waals surface area contributed by atoms with Crippen LogP contribution in [0, 0.1) is 5.92 Å². The van der Waals surface area contributed by atoms with E-state index in [1.54, 1.807) is 6.33 Å². The third-order valence-corrected chi connectivity index (χ3v) is 5.71. The summed E-state index contributed by atoms with van der Waals surface area (Å²) in [7, 11) is 0. The number of rotatable bonds is 5. The number of aliphatic hydroxyl groups excluding tert-OH is 1. The van der Waals surface area contributed by atoms with Gasteiger partial charge in [-0.15, -0.1) is 0 Å². The molecule has 0 spiro atoms. The van der Waals surface area contributed by atoms with E-state index in [1.807, 2.05) is 18.5 Å². The molecule has 6 nitrogen and oxygen atoms in total. The molecule has 0 aromatic carbocycles. The van der Waals surface area contributed by atoms with Gasteiger partial charge in [-0.1, -0.05) is 6.07 Å². The van der Waals surface area contributed by atoms with Gasteiger partial charge in [0.15, 0.2) is 0 Å². The Bertz CT molecular complexity index is 702. The maximum absolute atomic E-state index is 9.57. The summed E-state index contributed by atoms with van der Waals surface area (Å²) in [5.41, 5.74) is 1.33. The van der Waals surface area contributed by atoms with Crippen molar-refractivity contribution in [2.75, 3.05) is 36.0 Å². The molecule has 2 fully saturated rings. The van der Waals surface area contributed by atoms with E-state index in [9.17, 15) is 5.11 Å². The van der Waals surface area contributed by atoms with E-state index in [2.05, 4.69) is 36.9 Å². The number of hydrogen-bond donors (Lipinski definition) is 1. The number of nitrogens with zero attached hydrogens (tertiary/aromatic N) is 5. The fourth-order valence-electron chi connectivity index (χ4n) is 4.21. The maximum atomic E-state index is 9.57. The normalized spacial score (nSPS) is 21.3. The van der Waals surface area contributed by atoms with Crippen LogP contribution in [0.1, 0.15) is 31.2 Å². The Hall–Kier alpha value is -2.21. The smallest absolute Gasteiger partial charge is 0.134 e. The quantitative estimate of drug-likeness (QED) is 0.890.